The van der Waals surface area contributed by atoms with E-state index in [-0.39, 0.29) is 10.7 Å². The van der Waals surface area contributed by atoms with E-state index in [9.17, 15) is 8.42 Å². The van der Waals surface area contributed by atoms with Crippen LogP contribution in [-0.2, 0) is 10.0 Å². The first kappa shape index (κ1) is 19.7. The Labute approximate surface area is 165 Å². The van der Waals surface area contributed by atoms with Gasteiger partial charge in [-0.05, 0) is 73.9 Å². The fourth-order valence-corrected chi connectivity index (χ4v) is 4.20. The number of anilines is 3. The summed E-state index contributed by atoms with van der Waals surface area (Å²) in [4.78, 5) is 4.42. The lowest BCUT2D eigenvalue weighted by atomic mass is 10.1. The molecule has 0 unspecified atom stereocenters. The Hall–Kier alpha value is -3.06. The molecule has 0 atom stereocenters. The molecule has 0 saturated heterocycles. The molecule has 0 spiro atoms. The summed E-state index contributed by atoms with van der Waals surface area (Å²) in [5.74, 6) is 0.906. The molecule has 1 heterocycles. The number of pyridine rings is 1. The molecule has 0 saturated carbocycles. The highest BCUT2D eigenvalue weighted by Gasteiger charge is 2.19. The molecule has 0 aliphatic rings. The second-order valence-corrected chi connectivity index (χ2v) is 8.27. The van der Waals surface area contributed by atoms with Crippen LogP contribution in [0.2, 0.25) is 0 Å². The lowest BCUT2D eigenvalue weighted by Gasteiger charge is -2.13. The zero-order valence-corrected chi connectivity index (χ0v) is 17.1. The molecule has 28 heavy (non-hydrogen) atoms. The van der Waals surface area contributed by atoms with Crippen LogP contribution in [0.25, 0.3) is 0 Å². The molecule has 2 N–H and O–H groups in total. The molecule has 0 aliphatic heterocycles. The maximum atomic E-state index is 12.8. The first-order valence-corrected chi connectivity index (χ1v) is 10.2. The highest BCUT2D eigenvalue weighted by atomic mass is 32.2. The van der Waals surface area contributed by atoms with Gasteiger partial charge in [0.2, 0.25) is 0 Å². The molecule has 0 fully saturated rings. The molecule has 6 nitrogen and oxygen atoms in total. The van der Waals surface area contributed by atoms with Crippen LogP contribution in [0.1, 0.15) is 16.7 Å². The quantitative estimate of drug-likeness (QED) is 0.637. The summed E-state index contributed by atoms with van der Waals surface area (Å²) < 4.78 is 33.3. The van der Waals surface area contributed by atoms with Gasteiger partial charge in [0.05, 0.1) is 23.9 Å². The van der Waals surface area contributed by atoms with Crippen molar-refractivity contribution in [3.63, 3.8) is 0 Å². The van der Waals surface area contributed by atoms with Crippen LogP contribution >= 0.6 is 0 Å². The number of rotatable bonds is 6. The predicted molar refractivity (Wildman–Crippen MR) is 112 cm³/mol. The van der Waals surface area contributed by atoms with Crippen molar-refractivity contribution < 1.29 is 13.2 Å². The number of hydrogen-bond acceptors (Lipinski definition) is 5. The maximum absolute atomic E-state index is 12.8. The zero-order chi connectivity index (χ0) is 20.3. The minimum Gasteiger partial charge on any atom is -0.496 e. The molecular weight excluding hydrogens is 374 g/mol. The van der Waals surface area contributed by atoms with Crippen LogP contribution in [-0.4, -0.2) is 20.5 Å². The lowest BCUT2D eigenvalue weighted by Crippen LogP contribution is -2.15. The Kier molecular flexibility index (Phi) is 5.56. The number of aryl methyl sites for hydroxylation is 3. The predicted octanol–water partition coefficient (Wildman–Crippen LogP) is 4.56. The third-order valence-corrected chi connectivity index (χ3v) is 5.79. The van der Waals surface area contributed by atoms with Crippen LogP contribution < -0.4 is 14.8 Å². The fourth-order valence-electron chi connectivity index (χ4n) is 2.88. The second-order valence-electron chi connectivity index (χ2n) is 6.62. The van der Waals surface area contributed by atoms with E-state index in [0.29, 0.717) is 11.3 Å². The van der Waals surface area contributed by atoms with Gasteiger partial charge in [-0.2, -0.15) is 0 Å². The topological polar surface area (TPSA) is 80.3 Å². The SMILES string of the molecule is COc1cc(C)c(S(=O)(=O)Nc2ccc(Nc3cccc(C)c3)cn2)cc1C. The van der Waals surface area contributed by atoms with E-state index in [0.717, 1.165) is 22.5 Å². The van der Waals surface area contributed by atoms with Crippen molar-refractivity contribution in [2.24, 2.45) is 0 Å². The number of ether oxygens (including phenoxy) is 1. The number of sulfonamides is 1. The standard InChI is InChI=1S/C21H23N3O3S/c1-14-6-5-7-17(10-14)23-18-8-9-21(22-13-18)24-28(25,26)20-12-15(2)19(27-4)11-16(20)3/h5-13,23H,1-4H3,(H,22,24). The number of hydrogen-bond donors (Lipinski definition) is 2. The van der Waals surface area contributed by atoms with E-state index in [4.69, 9.17) is 4.74 Å². The Morgan fingerprint density at radius 3 is 2.36 bits per heavy atom. The molecule has 2 aromatic carbocycles. The summed E-state index contributed by atoms with van der Waals surface area (Å²) in [6.45, 7) is 5.56. The number of benzene rings is 2. The minimum absolute atomic E-state index is 0.203. The molecule has 0 aliphatic carbocycles. The number of methoxy groups -OCH3 is 1. The van der Waals surface area contributed by atoms with E-state index >= 15 is 0 Å². The van der Waals surface area contributed by atoms with Crippen LogP contribution in [0.5, 0.6) is 5.75 Å². The molecule has 0 radical (unpaired) electrons. The first-order valence-electron chi connectivity index (χ1n) is 8.76. The van der Waals surface area contributed by atoms with Gasteiger partial charge in [-0.1, -0.05) is 12.1 Å². The van der Waals surface area contributed by atoms with E-state index < -0.39 is 10.0 Å². The summed E-state index contributed by atoms with van der Waals surface area (Å²) >= 11 is 0. The highest BCUT2D eigenvalue weighted by molar-refractivity contribution is 7.92. The largest absolute Gasteiger partial charge is 0.496 e. The van der Waals surface area contributed by atoms with Gasteiger partial charge in [0.15, 0.2) is 0 Å². The Morgan fingerprint density at radius 1 is 0.929 bits per heavy atom. The van der Waals surface area contributed by atoms with Crippen molar-refractivity contribution in [2.75, 3.05) is 17.1 Å². The summed E-state index contributed by atoms with van der Waals surface area (Å²) in [6.07, 6.45) is 1.59. The summed E-state index contributed by atoms with van der Waals surface area (Å²) in [5, 5.41) is 3.24. The number of nitrogens with one attached hydrogen (secondary N) is 2. The van der Waals surface area contributed by atoms with Gasteiger partial charge in [-0.25, -0.2) is 13.4 Å². The van der Waals surface area contributed by atoms with Gasteiger partial charge < -0.3 is 10.1 Å². The molecular formula is C21H23N3O3S. The zero-order valence-electron chi connectivity index (χ0n) is 16.3. The van der Waals surface area contributed by atoms with Gasteiger partial charge >= 0.3 is 0 Å². The van der Waals surface area contributed by atoms with Gasteiger partial charge in [0.1, 0.15) is 11.6 Å². The lowest BCUT2D eigenvalue weighted by molar-refractivity contribution is 0.411. The van der Waals surface area contributed by atoms with Crippen molar-refractivity contribution in [1.82, 2.24) is 4.98 Å². The monoisotopic (exact) mass is 397 g/mol. The van der Waals surface area contributed by atoms with E-state index in [1.807, 2.05) is 31.2 Å². The summed E-state index contributed by atoms with van der Waals surface area (Å²) in [5.41, 5.74) is 4.21. The van der Waals surface area contributed by atoms with Gasteiger partial charge in [0.25, 0.3) is 10.0 Å². The number of aromatic nitrogens is 1. The van der Waals surface area contributed by atoms with E-state index in [1.165, 1.54) is 0 Å². The molecule has 0 amide bonds. The maximum Gasteiger partial charge on any atom is 0.263 e. The minimum atomic E-state index is -3.76. The number of nitrogens with zero attached hydrogens (tertiary/aromatic N) is 1. The molecule has 3 aromatic rings. The van der Waals surface area contributed by atoms with Crippen LogP contribution in [0.15, 0.2) is 59.6 Å². The van der Waals surface area contributed by atoms with Crippen molar-refractivity contribution >= 4 is 27.2 Å². The van der Waals surface area contributed by atoms with Crippen LogP contribution in [0.4, 0.5) is 17.2 Å². The average molecular weight is 398 g/mol. The summed E-state index contributed by atoms with van der Waals surface area (Å²) in [7, 11) is -2.20. The molecule has 0 bridgehead atoms. The van der Waals surface area contributed by atoms with Crippen molar-refractivity contribution in [1.29, 1.82) is 0 Å². The second kappa shape index (κ2) is 7.90. The van der Waals surface area contributed by atoms with Gasteiger partial charge in [0, 0.05) is 5.69 Å². The third kappa shape index (κ3) is 4.43. The first-order chi connectivity index (χ1) is 13.3. The Bertz CT molecular complexity index is 1090. The van der Waals surface area contributed by atoms with Crippen molar-refractivity contribution in [2.45, 2.75) is 25.7 Å². The van der Waals surface area contributed by atoms with Crippen molar-refractivity contribution in [3.8, 4) is 5.75 Å². The van der Waals surface area contributed by atoms with Crippen LogP contribution in [0.3, 0.4) is 0 Å². The fraction of sp³-hybridized carbons (Fsp3) is 0.190. The van der Waals surface area contributed by atoms with E-state index in [1.54, 1.807) is 51.4 Å². The molecule has 3 rings (SSSR count). The van der Waals surface area contributed by atoms with E-state index in [2.05, 4.69) is 15.0 Å². The summed E-state index contributed by atoms with van der Waals surface area (Å²) in [6, 6.07) is 14.7. The smallest absolute Gasteiger partial charge is 0.263 e. The Morgan fingerprint density at radius 2 is 1.71 bits per heavy atom. The Balaban J connectivity index is 1.79. The van der Waals surface area contributed by atoms with Crippen LogP contribution in [0, 0.1) is 20.8 Å². The molecule has 1 aromatic heterocycles. The molecule has 7 heteroatoms. The third-order valence-electron chi connectivity index (χ3n) is 4.29. The highest BCUT2D eigenvalue weighted by Crippen LogP contribution is 2.27. The van der Waals surface area contributed by atoms with Gasteiger partial charge in [-0.15, -0.1) is 0 Å². The van der Waals surface area contributed by atoms with Crippen molar-refractivity contribution in [3.05, 3.63) is 71.4 Å². The van der Waals surface area contributed by atoms with Gasteiger partial charge in [-0.3, -0.25) is 4.72 Å². The molecule has 146 valence electrons. The average Bonchev–Trinajstić information content (AvgIpc) is 2.64. The normalized spacial score (nSPS) is 11.1.